The van der Waals surface area contributed by atoms with Gasteiger partial charge in [0.1, 0.15) is 5.82 Å². The molecule has 0 radical (unpaired) electrons. The number of rotatable bonds is 2. The minimum Gasteiger partial charge on any atom is -0.379 e. The molecule has 2 atom stereocenters. The number of carbonyl (C=O) groups excluding carboxylic acids is 1. The molecular formula is C18H21FN2O2S. The largest absolute Gasteiger partial charge is 0.379 e. The van der Waals surface area contributed by atoms with Crippen LogP contribution in [0.2, 0.25) is 0 Å². The highest BCUT2D eigenvalue weighted by atomic mass is 32.1. The molecule has 24 heavy (non-hydrogen) atoms. The van der Waals surface area contributed by atoms with E-state index in [0.717, 1.165) is 49.5 Å². The van der Waals surface area contributed by atoms with Crippen LogP contribution in [0.15, 0.2) is 24.3 Å². The van der Waals surface area contributed by atoms with Crippen LogP contribution in [0.5, 0.6) is 0 Å². The zero-order chi connectivity index (χ0) is 16.7. The number of hydrogen-bond donors (Lipinski definition) is 0. The van der Waals surface area contributed by atoms with Gasteiger partial charge in [-0.25, -0.2) is 4.39 Å². The summed E-state index contributed by atoms with van der Waals surface area (Å²) in [6.45, 7) is 7.20. The summed E-state index contributed by atoms with van der Waals surface area (Å²) in [4.78, 5) is 18.0. The number of benzene rings is 1. The Labute approximate surface area is 144 Å². The minimum atomic E-state index is -0.263. The van der Waals surface area contributed by atoms with Gasteiger partial charge in [0.05, 0.1) is 18.1 Å². The second-order valence-electron chi connectivity index (χ2n) is 6.70. The van der Waals surface area contributed by atoms with Crippen molar-refractivity contribution in [1.82, 2.24) is 9.80 Å². The predicted octanol–water partition coefficient (Wildman–Crippen LogP) is 2.83. The summed E-state index contributed by atoms with van der Waals surface area (Å²) in [5.74, 6) is 0.263. The van der Waals surface area contributed by atoms with Gasteiger partial charge in [0, 0.05) is 36.9 Å². The molecule has 3 heterocycles. The van der Waals surface area contributed by atoms with E-state index in [1.807, 2.05) is 11.0 Å². The molecule has 2 aliphatic heterocycles. The topological polar surface area (TPSA) is 32.8 Å². The van der Waals surface area contributed by atoms with Crippen LogP contribution >= 0.6 is 11.3 Å². The van der Waals surface area contributed by atoms with Crippen molar-refractivity contribution < 1.29 is 13.9 Å². The van der Waals surface area contributed by atoms with Crippen LogP contribution in [0.1, 0.15) is 16.6 Å². The molecule has 0 N–H and O–H groups in total. The fraction of sp³-hybridized carbons (Fsp3) is 0.500. The molecule has 6 heteroatoms. The molecule has 2 aromatic rings. The smallest absolute Gasteiger partial charge is 0.264 e. The SMILES string of the molecule is C[C@@H]1CN(C(=O)c2cc3cc(F)ccc3s2)C[C@H]1N1CCOCC1. The van der Waals surface area contributed by atoms with Crippen molar-refractivity contribution in [3.05, 3.63) is 35.0 Å². The zero-order valence-electron chi connectivity index (χ0n) is 13.7. The Hall–Kier alpha value is -1.50. The molecule has 1 aromatic carbocycles. The molecule has 0 unspecified atom stereocenters. The number of morpholine rings is 1. The van der Waals surface area contributed by atoms with E-state index < -0.39 is 0 Å². The van der Waals surface area contributed by atoms with Gasteiger partial charge in [0.15, 0.2) is 0 Å². The first-order valence-corrected chi connectivity index (χ1v) is 9.23. The molecule has 2 saturated heterocycles. The van der Waals surface area contributed by atoms with Crippen molar-refractivity contribution in [3.8, 4) is 0 Å². The summed E-state index contributed by atoms with van der Waals surface area (Å²) in [6, 6.07) is 6.91. The number of carbonyl (C=O) groups is 1. The van der Waals surface area contributed by atoms with Gasteiger partial charge in [-0.05, 0) is 35.6 Å². The van der Waals surface area contributed by atoms with Crippen LogP contribution in [0.4, 0.5) is 4.39 Å². The third kappa shape index (κ3) is 2.94. The zero-order valence-corrected chi connectivity index (χ0v) is 14.5. The highest BCUT2D eigenvalue weighted by Gasteiger charge is 2.37. The van der Waals surface area contributed by atoms with E-state index in [2.05, 4.69) is 11.8 Å². The Kier molecular flexibility index (Phi) is 4.28. The first-order valence-electron chi connectivity index (χ1n) is 8.42. The molecule has 0 saturated carbocycles. The summed E-state index contributed by atoms with van der Waals surface area (Å²) < 4.78 is 19.7. The van der Waals surface area contributed by atoms with Crippen LogP contribution in [-0.4, -0.2) is 61.1 Å². The molecule has 1 amide bonds. The van der Waals surface area contributed by atoms with Crippen molar-refractivity contribution in [1.29, 1.82) is 0 Å². The molecule has 4 nitrogen and oxygen atoms in total. The highest BCUT2D eigenvalue weighted by Crippen LogP contribution is 2.30. The lowest BCUT2D eigenvalue weighted by Gasteiger charge is -2.33. The van der Waals surface area contributed by atoms with Gasteiger partial charge in [-0.2, -0.15) is 0 Å². The van der Waals surface area contributed by atoms with E-state index in [-0.39, 0.29) is 11.7 Å². The molecule has 4 rings (SSSR count). The molecule has 1 aromatic heterocycles. The highest BCUT2D eigenvalue weighted by molar-refractivity contribution is 7.20. The normalized spacial score (nSPS) is 25.5. The van der Waals surface area contributed by atoms with E-state index >= 15 is 0 Å². The maximum Gasteiger partial charge on any atom is 0.264 e. The number of likely N-dealkylation sites (tertiary alicyclic amines) is 1. The minimum absolute atomic E-state index is 0.0687. The van der Waals surface area contributed by atoms with Crippen molar-refractivity contribution >= 4 is 27.3 Å². The van der Waals surface area contributed by atoms with E-state index in [0.29, 0.717) is 16.8 Å². The van der Waals surface area contributed by atoms with Gasteiger partial charge in [0.25, 0.3) is 5.91 Å². The average molecular weight is 348 g/mol. The Bertz CT molecular complexity index is 757. The van der Waals surface area contributed by atoms with Gasteiger partial charge < -0.3 is 9.64 Å². The maximum absolute atomic E-state index is 13.3. The molecule has 2 aliphatic rings. The van der Waals surface area contributed by atoms with E-state index in [4.69, 9.17) is 4.74 Å². The fourth-order valence-corrected chi connectivity index (χ4v) is 4.79. The molecule has 0 aliphatic carbocycles. The van der Waals surface area contributed by atoms with Gasteiger partial charge in [-0.1, -0.05) is 6.92 Å². The van der Waals surface area contributed by atoms with Crippen molar-refractivity contribution in [2.24, 2.45) is 5.92 Å². The van der Waals surface area contributed by atoms with Crippen LogP contribution in [0, 0.1) is 11.7 Å². The first-order chi connectivity index (χ1) is 11.6. The van der Waals surface area contributed by atoms with Gasteiger partial charge >= 0.3 is 0 Å². The van der Waals surface area contributed by atoms with Gasteiger partial charge in [-0.15, -0.1) is 11.3 Å². The summed E-state index contributed by atoms with van der Waals surface area (Å²) in [5.41, 5.74) is 0. The lowest BCUT2D eigenvalue weighted by Crippen LogP contribution is -2.47. The van der Waals surface area contributed by atoms with Crippen LogP contribution < -0.4 is 0 Å². The summed E-state index contributed by atoms with van der Waals surface area (Å²) in [6.07, 6.45) is 0. The first kappa shape index (κ1) is 16.0. The van der Waals surface area contributed by atoms with Crippen molar-refractivity contribution in [3.63, 3.8) is 0 Å². The monoisotopic (exact) mass is 348 g/mol. The second kappa shape index (κ2) is 6.43. The summed E-state index contributed by atoms with van der Waals surface area (Å²) >= 11 is 1.45. The summed E-state index contributed by atoms with van der Waals surface area (Å²) in [5, 5.41) is 0.806. The van der Waals surface area contributed by atoms with Crippen molar-refractivity contribution in [2.45, 2.75) is 13.0 Å². The lowest BCUT2D eigenvalue weighted by atomic mass is 10.0. The Morgan fingerprint density at radius 1 is 1.25 bits per heavy atom. The van der Waals surface area contributed by atoms with Crippen LogP contribution in [0.25, 0.3) is 10.1 Å². The number of fused-ring (bicyclic) bond motifs is 1. The van der Waals surface area contributed by atoms with Crippen LogP contribution in [0.3, 0.4) is 0 Å². The number of halogens is 1. The van der Waals surface area contributed by atoms with E-state index in [9.17, 15) is 9.18 Å². The third-order valence-corrected chi connectivity index (χ3v) is 6.17. The van der Waals surface area contributed by atoms with E-state index in [1.54, 1.807) is 6.07 Å². The maximum atomic E-state index is 13.3. The Morgan fingerprint density at radius 2 is 2.04 bits per heavy atom. The molecule has 2 fully saturated rings. The molecular weight excluding hydrogens is 327 g/mol. The fourth-order valence-electron chi connectivity index (χ4n) is 3.78. The second-order valence-corrected chi connectivity index (χ2v) is 7.78. The van der Waals surface area contributed by atoms with Gasteiger partial charge in [0.2, 0.25) is 0 Å². The number of hydrogen-bond acceptors (Lipinski definition) is 4. The Balaban J connectivity index is 1.51. The van der Waals surface area contributed by atoms with Crippen LogP contribution in [-0.2, 0) is 4.74 Å². The quantitative estimate of drug-likeness (QED) is 0.837. The number of nitrogens with zero attached hydrogens (tertiary/aromatic N) is 2. The average Bonchev–Trinajstić information content (AvgIpc) is 3.18. The third-order valence-electron chi connectivity index (χ3n) is 5.06. The van der Waals surface area contributed by atoms with Crippen molar-refractivity contribution in [2.75, 3.05) is 39.4 Å². The lowest BCUT2D eigenvalue weighted by molar-refractivity contribution is 0.0119. The standard InChI is InChI=1S/C18H21FN2O2S/c1-12-10-21(11-15(12)20-4-6-23-7-5-20)18(22)17-9-13-8-14(19)2-3-16(13)24-17/h2-3,8-9,12,15H,4-7,10-11H2,1H3/t12-,15-/m1/s1. The summed E-state index contributed by atoms with van der Waals surface area (Å²) in [7, 11) is 0. The molecule has 0 bridgehead atoms. The van der Waals surface area contributed by atoms with Gasteiger partial charge in [-0.3, -0.25) is 9.69 Å². The van der Waals surface area contributed by atoms with E-state index in [1.165, 1.54) is 23.5 Å². The Morgan fingerprint density at radius 3 is 2.83 bits per heavy atom. The molecule has 0 spiro atoms. The number of amides is 1. The predicted molar refractivity (Wildman–Crippen MR) is 93.0 cm³/mol. The number of thiophene rings is 1. The number of ether oxygens (including phenoxy) is 1. The molecule has 128 valence electrons.